The molecule has 0 saturated carbocycles. The number of rotatable bonds is 2. The summed E-state index contributed by atoms with van der Waals surface area (Å²) in [5, 5.41) is 0. The van der Waals surface area contributed by atoms with E-state index in [2.05, 4.69) is 6.58 Å². The molecule has 0 heterocycles. The van der Waals surface area contributed by atoms with Crippen LogP contribution in [0.1, 0.15) is 37.5 Å². The van der Waals surface area contributed by atoms with Crippen molar-refractivity contribution in [2.45, 2.75) is 33.9 Å². The molecule has 3 heteroatoms. The Kier molecular flexibility index (Phi) is 6.45. The van der Waals surface area contributed by atoms with Gasteiger partial charge in [0.2, 0.25) is 0 Å². The smallest absolute Gasteiger partial charge is 0.166 e. The first kappa shape index (κ1) is 16.5. The van der Waals surface area contributed by atoms with Crippen LogP contribution in [0, 0.1) is 6.92 Å². The van der Waals surface area contributed by atoms with Gasteiger partial charge >= 0.3 is 6.18 Å². The van der Waals surface area contributed by atoms with E-state index in [-0.39, 0.29) is 0 Å². The number of hydrogen-bond donors (Lipinski definition) is 0. The summed E-state index contributed by atoms with van der Waals surface area (Å²) in [5.41, 5.74) is 1.27. The van der Waals surface area contributed by atoms with E-state index in [0.717, 1.165) is 17.7 Å². The van der Waals surface area contributed by atoms with Crippen molar-refractivity contribution in [1.29, 1.82) is 0 Å². The molecule has 0 amide bonds. The Morgan fingerprint density at radius 3 is 2.22 bits per heavy atom. The first-order valence-electron chi connectivity index (χ1n) is 5.86. The quantitative estimate of drug-likeness (QED) is 0.601. The Morgan fingerprint density at radius 1 is 1.22 bits per heavy atom. The third-order valence-electron chi connectivity index (χ3n) is 2.28. The standard InChI is InChI=1S/C13H13F3.C2H6/c1-4-5-9(2)12-8-11(13(14,15)16)7-6-10(12)3;1-2/h4-8H,2H2,1,3H3;1-2H3/b5-4-;. The number of hydrogen-bond acceptors (Lipinski definition) is 0. The van der Waals surface area contributed by atoms with Gasteiger partial charge in [0.25, 0.3) is 0 Å². The molecule has 0 aliphatic rings. The van der Waals surface area contributed by atoms with Gasteiger partial charge in [-0.1, -0.05) is 38.6 Å². The highest BCUT2D eigenvalue weighted by atomic mass is 19.4. The van der Waals surface area contributed by atoms with Crippen LogP contribution in [0.5, 0.6) is 0 Å². The third-order valence-corrected chi connectivity index (χ3v) is 2.28. The van der Waals surface area contributed by atoms with Crippen LogP contribution in [0.15, 0.2) is 36.9 Å². The van der Waals surface area contributed by atoms with Crippen LogP contribution in [-0.4, -0.2) is 0 Å². The summed E-state index contributed by atoms with van der Waals surface area (Å²) in [5.74, 6) is 0. The maximum Gasteiger partial charge on any atom is 0.416 e. The van der Waals surface area contributed by atoms with Crippen LogP contribution in [-0.2, 0) is 6.18 Å². The van der Waals surface area contributed by atoms with Gasteiger partial charge in [0.1, 0.15) is 0 Å². The summed E-state index contributed by atoms with van der Waals surface area (Å²) in [7, 11) is 0. The molecule has 0 nitrogen and oxygen atoms in total. The van der Waals surface area contributed by atoms with Crippen LogP contribution >= 0.6 is 0 Å². The van der Waals surface area contributed by atoms with E-state index >= 15 is 0 Å². The number of halogens is 3. The number of benzene rings is 1. The predicted octanol–water partition coefficient (Wildman–Crippen LogP) is 5.63. The molecular weight excluding hydrogens is 237 g/mol. The molecule has 0 radical (unpaired) electrons. The zero-order valence-electron chi connectivity index (χ0n) is 11.2. The molecular formula is C15H19F3. The van der Waals surface area contributed by atoms with Crippen LogP contribution < -0.4 is 0 Å². The molecule has 1 aromatic carbocycles. The molecule has 0 aliphatic carbocycles. The second kappa shape index (κ2) is 7.04. The topological polar surface area (TPSA) is 0 Å². The van der Waals surface area contributed by atoms with Gasteiger partial charge in [0, 0.05) is 0 Å². The summed E-state index contributed by atoms with van der Waals surface area (Å²) in [6.45, 7) is 11.3. The molecule has 0 atom stereocenters. The second-order valence-electron chi connectivity index (χ2n) is 3.55. The Morgan fingerprint density at radius 2 is 1.78 bits per heavy atom. The second-order valence-corrected chi connectivity index (χ2v) is 3.55. The maximum absolute atomic E-state index is 12.5. The lowest BCUT2D eigenvalue weighted by Gasteiger charge is -2.11. The number of aryl methyl sites for hydroxylation is 1. The zero-order chi connectivity index (χ0) is 14.3. The Balaban J connectivity index is 0.00000137. The lowest BCUT2D eigenvalue weighted by atomic mass is 9.98. The average Bonchev–Trinajstić information content (AvgIpc) is 2.31. The van der Waals surface area contributed by atoms with Crippen LogP contribution in [0.2, 0.25) is 0 Å². The highest BCUT2D eigenvalue weighted by Gasteiger charge is 2.30. The maximum atomic E-state index is 12.5. The molecule has 0 bridgehead atoms. The number of alkyl halides is 3. The van der Waals surface area contributed by atoms with E-state index in [9.17, 15) is 13.2 Å². The van der Waals surface area contributed by atoms with Gasteiger partial charge in [0.15, 0.2) is 0 Å². The summed E-state index contributed by atoms with van der Waals surface area (Å²) in [6.07, 6.45) is -0.858. The largest absolute Gasteiger partial charge is 0.416 e. The van der Waals surface area contributed by atoms with Crippen LogP contribution in [0.3, 0.4) is 0 Å². The van der Waals surface area contributed by atoms with Crippen LogP contribution in [0.25, 0.3) is 5.57 Å². The molecule has 1 rings (SSSR count). The molecule has 18 heavy (non-hydrogen) atoms. The van der Waals surface area contributed by atoms with Crippen molar-refractivity contribution >= 4 is 5.57 Å². The highest BCUT2D eigenvalue weighted by molar-refractivity contribution is 5.74. The van der Waals surface area contributed by atoms with Crippen molar-refractivity contribution in [2.24, 2.45) is 0 Å². The highest BCUT2D eigenvalue weighted by Crippen LogP contribution is 2.32. The summed E-state index contributed by atoms with van der Waals surface area (Å²) < 4.78 is 37.5. The van der Waals surface area contributed by atoms with Crippen molar-refractivity contribution in [3.05, 3.63) is 53.6 Å². The van der Waals surface area contributed by atoms with E-state index in [1.165, 1.54) is 6.07 Å². The van der Waals surface area contributed by atoms with E-state index in [1.807, 2.05) is 13.8 Å². The first-order chi connectivity index (χ1) is 8.36. The zero-order valence-corrected chi connectivity index (χ0v) is 11.2. The van der Waals surface area contributed by atoms with Crippen molar-refractivity contribution in [3.8, 4) is 0 Å². The van der Waals surface area contributed by atoms with E-state index in [1.54, 1.807) is 26.0 Å². The molecule has 0 unspecified atom stereocenters. The minimum absolute atomic E-state index is 0.535. The van der Waals surface area contributed by atoms with Gasteiger partial charge in [-0.25, -0.2) is 0 Å². The van der Waals surface area contributed by atoms with Gasteiger partial charge in [0.05, 0.1) is 5.56 Å². The lowest BCUT2D eigenvalue weighted by Crippen LogP contribution is -2.05. The van der Waals surface area contributed by atoms with Gasteiger partial charge in [-0.05, 0) is 42.7 Å². The molecule has 0 aliphatic heterocycles. The SMILES string of the molecule is C=C(/C=C\C)c1cc(C(F)(F)F)ccc1C.CC. The van der Waals surface area contributed by atoms with Gasteiger partial charge in [-0.3, -0.25) is 0 Å². The van der Waals surface area contributed by atoms with Gasteiger partial charge in [-0.15, -0.1) is 0 Å². The lowest BCUT2D eigenvalue weighted by molar-refractivity contribution is -0.137. The molecule has 0 N–H and O–H groups in total. The van der Waals surface area contributed by atoms with Crippen molar-refractivity contribution < 1.29 is 13.2 Å². The fourth-order valence-corrected chi connectivity index (χ4v) is 1.44. The minimum atomic E-state index is -4.31. The Hall–Kier alpha value is -1.51. The van der Waals surface area contributed by atoms with Gasteiger partial charge in [-0.2, -0.15) is 13.2 Å². The van der Waals surface area contributed by atoms with Crippen molar-refractivity contribution in [3.63, 3.8) is 0 Å². The summed E-state index contributed by atoms with van der Waals surface area (Å²) in [4.78, 5) is 0. The normalized spacial score (nSPS) is 11.1. The molecule has 100 valence electrons. The van der Waals surface area contributed by atoms with Crippen molar-refractivity contribution in [2.75, 3.05) is 0 Å². The summed E-state index contributed by atoms with van der Waals surface area (Å²) in [6, 6.07) is 3.69. The van der Waals surface area contributed by atoms with Gasteiger partial charge < -0.3 is 0 Å². The summed E-state index contributed by atoms with van der Waals surface area (Å²) >= 11 is 0. The van der Waals surface area contributed by atoms with E-state index in [4.69, 9.17) is 0 Å². The monoisotopic (exact) mass is 256 g/mol. The van der Waals surface area contributed by atoms with Crippen LogP contribution in [0.4, 0.5) is 13.2 Å². The molecule has 0 fully saturated rings. The Bertz CT molecular complexity index is 426. The van der Waals surface area contributed by atoms with E-state index < -0.39 is 11.7 Å². The molecule has 1 aromatic rings. The minimum Gasteiger partial charge on any atom is -0.166 e. The first-order valence-corrected chi connectivity index (χ1v) is 5.86. The Labute approximate surface area is 107 Å². The fraction of sp³-hybridized carbons (Fsp3) is 0.333. The molecule has 0 saturated heterocycles. The average molecular weight is 256 g/mol. The molecule has 0 spiro atoms. The third kappa shape index (κ3) is 4.40. The predicted molar refractivity (Wildman–Crippen MR) is 71.4 cm³/mol. The number of allylic oxidation sites excluding steroid dienone is 3. The van der Waals surface area contributed by atoms with Crippen molar-refractivity contribution in [1.82, 2.24) is 0 Å². The molecule has 0 aromatic heterocycles. The van der Waals surface area contributed by atoms with E-state index in [0.29, 0.717) is 11.1 Å². The fourth-order valence-electron chi connectivity index (χ4n) is 1.44.